The minimum Gasteiger partial charge on any atom is -0.380 e. The van der Waals surface area contributed by atoms with Crippen molar-refractivity contribution in [1.82, 2.24) is 0 Å². The molecule has 3 aromatic rings. The number of hydrogen-bond acceptors (Lipinski definition) is 3. The van der Waals surface area contributed by atoms with Crippen LogP contribution in [0.2, 0.25) is 0 Å². The van der Waals surface area contributed by atoms with Crippen LogP contribution in [0.25, 0.3) is 10.4 Å². The van der Waals surface area contributed by atoms with Gasteiger partial charge in [0.05, 0.1) is 0 Å². The second kappa shape index (κ2) is 5.73. The summed E-state index contributed by atoms with van der Waals surface area (Å²) in [7, 11) is 0. The van der Waals surface area contributed by atoms with Crippen LogP contribution in [0.5, 0.6) is 0 Å². The number of benzene rings is 1. The van der Waals surface area contributed by atoms with Gasteiger partial charge in [-0.25, -0.2) is 8.78 Å². The molecule has 1 N–H and O–H groups in total. The first kappa shape index (κ1) is 13.3. The van der Waals surface area contributed by atoms with E-state index in [1.807, 2.05) is 11.4 Å². The van der Waals surface area contributed by atoms with Crippen LogP contribution in [0.4, 0.5) is 14.5 Å². The monoisotopic (exact) mass is 307 g/mol. The number of halogens is 2. The Balaban J connectivity index is 1.68. The van der Waals surface area contributed by atoms with Crippen molar-refractivity contribution in [3.63, 3.8) is 0 Å². The number of anilines is 1. The Morgan fingerprint density at radius 3 is 2.65 bits per heavy atom. The van der Waals surface area contributed by atoms with Gasteiger partial charge >= 0.3 is 0 Å². The second-order valence-corrected chi connectivity index (χ2v) is 6.20. The Labute approximate surface area is 123 Å². The van der Waals surface area contributed by atoms with Crippen LogP contribution in [-0.2, 0) is 6.54 Å². The Morgan fingerprint density at radius 1 is 1.00 bits per heavy atom. The average Bonchev–Trinajstić information content (AvgIpc) is 3.09. The lowest BCUT2D eigenvalue weighted by atomic mass is 10.2. The number of hydrogen-bond donors (Lipinski definition) is 1. The molecule has 0 bridgehead atoms. The summed E-state index contributed by atoms with van der Waals surface area (Å²) in [4.78, 5) is 2.39. The highest BCUT2D eigenvalue weighted by molar-refractivity contribution is 7.14. The van der Waals surface area contributed by atoms with E-state index < -0.39 is 11.6 Å². The average molecular weight is 307 g/mol. The molecule has 2 aromatic heterocycles. The summed E-state index contributed by atoms with van der Waals surface area (Å²) in [5.74, 6) is -1.66. The molecule has 1 nitrogen and oxygen atoms in total. The smallest absolute Gasteiger partial charge is 0.160 e. The summed E-state index contributed by atoms with van der Waals surface area (Å²) >= 11 is 3.35. The molecule has 0 fully saturated rings. The molecule has 0 atom stereocenters. The fourth-order valence-electron chi connectivity index (χ4n) is 1.84. The molecule has 3 rings (SSSR count). The summed E-state index contributed by atoms with van der Waals surface area (Å²) in [5, 5.41) is 7.25. The van der Waals surface area contributed by atoms with Crippen LogP contribution in [0.3, 0.4) is 0 Å². The van der Waals surface area contributed by atoms with Crippen molar-refractivity contribution in [3.8, 4) is 10.4 Å². The van der Waals surface area contributed by atoms with Gasteiger partial charge in [0.2, 0.25) is 0 Å². The largest absolute Gasteiger partial charge is 0.380 e. The molecular weight excluding hydrogens is 296 g/mol. The minimum atomic E-state index is -0.833. The summed E-state index contributed by atoms with van der Waals surface area (Å²) in [6.45, 7) is 0.598. The molecule has 0 aliphatic heterocycles. The molecule has 0 saturated heterocycles. The Kier molecular flexibility index (Phi) is 3.80. The predicted octanol–water partition coefficient (Wildman–Crippen LogP) is 5.37. The Bertz CT molecular complexity index is 704. The lowest BCUT2D eigenvalue weighted by Gasteiger charge is -2.04. The Hall–Kier alpha value is -1.72. The lowest BCUT2D eigenvalue weighted by Crippen LogP contribution is -1.98. The van der Waals surface area contributed by atoms with Crippen LogP contribution in [0, 0.1) is 11.6 Å². The van der Waals surface area contributed by atoms with E-state index in [-0.39, 0.29) is 0 Å². The highest BCUT2D eigenvalue weighted by atomic mass is 32.1. The molecule has 0 radical (unpaired) electrons. The molecule has 0 saturated carbocycles. The quantitative estimate of drug-likeness (QED) is 0.683. The highest BCUT2D eigenvalue weighted by Gasteiger charge is 2.05. The molecule has 0 amide bonds. The fourth-order valence-corrected chi connectivity index (χ4v) is 3.45. The third kappa shape index (κ3) is 2.89. The number of rotatable bonds is 4. The molecule has 0 spiro atoms. The van der Waals surface area contributed by atoms with Crippen LogP contribution in [0.1, 0.15) is 4.88 Å². The third-order valence-electron chi connectivity index (χ3n) is 2.85. The van der Waals surface area contributed by atoms with E-state index in [2.05, 4.69) is 22.8 Å². The summed E-state index contributed by atoms with van der Waals surface area (Å²) in [6, 6.07) is 10.1. The predicted molar refractivity (Wildman–Crippen MR) is 81.3 cm³/mol. The highest BCUT2D eigenvalue weighted by Crippen LogP contribution is 2.29. The molecule has 5 heteroatoms. The molecule has 0 aliphatic rings. The van der Waals surface area contributed by atoms with E-state index >= 15 is 0 Å². The summed E-state index contributed by atoms with van der Waals surface area (Å²) in [6.07, 6.45) is 0. The fraction of sp³-hybridized carbons (Fsp3) is 0.0667. The topological polar surface area (TPSA) is 12.0 Å². The van der Waals surface area contributed by atoms with Crippen molar-refractivity contribution in [2.24, 2.45) is 0 Å². The number of nitrogens with one attached hydrogen (secondary N) is 1. The molecule has 0 aliphatic carbocycles. The minimum absolute atomic E-state index is 0.579. The maximum absolute atomic E-state index is 13.1. The van der Waals surface area contributed by atoms with Crippen LogP contribution in [-0.4, -0.2) is 0 Å². The standard InChI is InChI=1S/C15H11F2NS2/c16-13-4-3-11(7-14(13)17)18-8-12-6-10(9-20-12)15-2-1-5-19-15/h1-7,9,18H,8H2. The van der Waals surface area contributed by atoms with Gasteiger partial charge in [-0.1, -0.05) is 6.07 Å². The molecular formula is C15H11F2NS2. The van der Waals surface area contributed by atoms with Crippen molar-refractivity contribution in [2.45, 2.75) is 6.54 Å². The zero-order valence-corrected chi connectivity index (χ0v) is 12.0. The second-order valence-electron chi connectivity index (χ2n) is 4.26. The van der Waals surface area contributed by atoms with Gasteiger partial charge in [0.1, 0.15) is 0 Å². The van der Waals surface area contributed by atoms with Gasteiger partial charge in [-0.3, -0.25) is 0 Å². The zero-order chi connectivity index (χ0) is 13.9. The van der Waals surface area contributed by atoms with Crippen molar-refractivity contribution in [2.75, 3.05) is 5.32 Å². The normalized spacial score (nSPS) is 10.7. The SMILES string of the molecule is Fc1ccc(NCc2cc(-c3cccs3)cs2)cc1F. The first-order valence-electron chi connectivity index (χ1n) is 6.02. The van der Waals surface area contributed by atoms with E-state index in [1.54, 1.807) is 22.7 Å². The summed E-state index contributed by atoms with van der Waals surface area (Å²) in [5.41, 5.74) is 1.78. The molecule has 20 heavy (non-hydrogen) atoms. The van der Waals surface area contributed by atoms with E-state index in [0.29, 0.717) is 12.2 Å². The van der Waals surface area contributed by atoms with Gasteiger partial charge in [-0.05, 0) is 35.0 Å². The first-order chi connectivity index (χ1) is 9.72. The van der Waals surface area contributed by atoms with E-state index in [1.165, 1.54) is 22.6 Å². The van der Waals surface area contributed by atoms with Crippen molar-refractivity contribution in [1.29, 1.82) is 0 Å². The third-order valence-corrected chi connectivity index (χ3v) is 4.70. The van der Waals surface area contributed by atoms with Gasteiger partial charge in [0.25, 0.3) is 0 Å². The Morgan fingerprint density at radius 2 is 1.90 bits per heavy atom. The maximum Gasteiger partial charge on any atom is 0.160 e. The first-order valence-corrected chi connectivity index (χ1v) is 7.78. The van der Waals surface area contributed by atoms with Gasteiger partial charge in [-0.15, -0.1) is 22.7 Å². The van der Waals surface area contributed by atoms with Crippen molar-refractivity contribution >= 4 is 28.4 Å². The zero-order valence-electron chi connectivity index (χ0n) is 10.4. The number of thiophene rings is 2. The van der Waals surface area contributed by atoms with Gasteiger partial charge in [0.15, 0.2) is 11.6 Å². The maximum atomic E-state index is 13.1. The molecule has 2 heterocycles. The summed E-state index contributed by atoms with van der Waals surface area (Å²) < 4.78 is 25.9. The van der Waals surface area contributed by atoms with Crippen LogP contribution >= 0.6 is 22.7 Å². The molecule has 1 aromatic carbocycles. The lowest BCUT2D eigenvalue weighted by molar-refractivity contribution is 0.509. The molecule has 102 valence electrons. The van der Waals surface area contributed by atoms with Crippen molar-refractivity contribution in [3.05, 3.63) is 63.7 Å². The van der Waals surface area contributed by atoms with Gasteiger partial charge in [-0.2, -0.15) is 0 Å². The van der Waals surface area contributed by atoms with E-state index in [4.69, 9.17) is 0 Å². The van der Waals surface area contributed by atoms with Crippen LogP contribution < -0.4 is 5.32 Å². The molecule has 0 unspecified atom stereocenters. The van der Waals surface area contributed by atoms with Gasteiger partial charge < -0.3 is 5.32 Å². The van der Waals surface area contributed by atoms with Crippen LogP contribution in [0.15, 0.2) is 47.2 Å². The van der Waals surface area contributed by atoms with E-state index in [0.717, 1.165) is 10.9 Å². The van der Waals surface area contributed by atoms with Gasteiger partial charge in [0, 0.05) is 33.6 Å². The van der Waals surface area contributed by atoms with Crippen molar-refractivity contribution < 1.29 is 8.78 Å². The van der Waals surface area contributed by atoms with E-state index in [9.17, 15) is 8.78 Å².